The number of carbonyl (C=O) groups excluding carboxylic acids is 1. The minimum Gasteiger partial charge on any atom is -0.468 e. The fourth-order valence-electron chi connectivity index (χ4n) is 3.08. The van der Waals surface area contributed by atoms with Crippen molar-refractivity contribution in [1.82, 2.24) is 10.2 Å². The molecule has 2 heterocycles. The van der Waals surface area contributed by atoms with E-state index in [2.05, 4.69) is 24.2 Å². The maximum atomic E-state index is 12.2. The first kappa shape index (κ1) is 14.8. The van der Waals surface area contributed by atoms with Gasteiger partial charge in [0.2, 0.25) is 0 Å². The molecule has 0 bridgehead atoms. The van der Waals surface area contributed by atoms with Crippen LogP contribution in [-0.2, 0) is 14.3 Å². The summed E-state index contributed by atoms with van der Waals surface area (Å²) in [4.78, 5) is 14.5. The fraction of sp³-hybridized carbons (Fsp3) is 0.929. The predicted octanol–water partition coefficient (Wildman–Crippen LogP) is 0.781. The lowest BCUT2D eigenvalue weighted by atomic mass is 9.83. The molecule has 3 unspecified atom stereocenters. The summed E-state index contributed by atoms with van der Waals surface area (Å²) in [5.74, 6) is -0.134. The molecule has 2 saturated heterocycles. The van der Waals surface area contributed by atoms with Gasteiger partial charge in [-0.15, -0.1) is 0 Å². The number of nitrogens with one attached hydrogen (secondary N) is 1. The summed E-state index contributed by atoms with van der Waals surface area (Å²) in [6.07, 6.45) is 4.04. The lowest BCUT2D eigenvalue weighted by Gasteiger charge is -2.43. The van der Waals surface area contributed by atoms with Crippen LogP contribution in [0.15, 0.2) is 0 Å². The second-order valence-corrected chi connectivity index (χ2v) is 5.87. The number of carbonyl (C=O) groups is 1. The minimum absolute atomic E-state index is 0.134. The number of piperidine rings is 1. The Balaban J connectivity index is 2.00. The first-order valence-corrected chi connectivity index (χ1v) is 7.23. The average Bonchev–Trinajstić information content (AvgIpc) is 2.93. The molecule has 0 radical (unpaired) electrons. The Morgan fingerprint density at radius 3 is 2.95 bits per heavy atom. The molecular formula is C14H26N2O3. The number of esters is 1. The van der Waals surface area contributed by atoms with Crippen molar-refractivity contribution in [1.29, 1.82) is 0 Å². The van der Waals surface area contributed by atoms with E-state index in [1.54, 1.807) is 0 Å². The molecule has 2 aliphatic heterocycles. The smallest absolute Gasteiger partial charge is 0.326 e. The van der Waals surface area contributed by atoms with E-state index in [4.69, 9.17) is 9.47 Å². The van der Waals surface area contributed by atoms with Crippen LogP contribution in [0.5, 0.6) is 0 Å². The second kappa shape index (κ2) is 6.20. The molecule has 0 aromatic rings. The second-order valence-electron chi connectivity index (χ2n) is 5.87. The fourth-order valence-corrected chi connectivity index (χ4v) is 3.08. The van der Waals surface area contributed by atoms with Crippen molar-refractivity contribution in [3.63, 3.8) is 0 Å². The van der Waals surface area contributed by atoms with E-state index < -0.39 is 5.54 Å². The molecule has 110 valence electrons. The van der Waals surface area contributed by atoms with E-state index in [-0.39, 0.29) is 12.1 Å². The van der Waals surface area contributed by atoms with Gasteiger partial charge in [0, 0.05) is 25.7 Å². The summed E-state index contributed by atoms with van der Waals surface area (Å²) in [5, 5.41) is 3.45. The minimum atomic E-state index is -0.535. The Morgan fingerprint density at radius 2 is 2.37 bits per heavy atom. The van der Waals surface area contributed by atoms with Crippen molar-refractivity contribution in [2.45, 2.75) is 50.3 Å². The third-order valence-corrected chi connectivity index (χ3v) is 4.56. The quantitative estimate of drug-likeness (QED) is 0.765. The van der Waals surface area contributed by atoms with Gasteiger partial charge in [-0.1, -0.05) is 0 Å². The van der Waals surface area contributed by atoms with Crippen molar-refractivity contribution in [3.8, 4) is 0 Å². The number of likely N-dealkylation sites (tertiary alicyclic amines) is 1. The lowest BCUT2D eigenvalue weighted by Crippen LogP contribution is -2.61. The van der Waals surface area contributed by atoms with Gasteiger partial charge in [-0.3, -0.25) is 10.1 Å². The summed E-state index contributed by atoms with van der Waals surface area (Å²) in [6.45, 7) is 4.65. The highest BCUT2D eigenvalue weighted by atomic mass is 16.5. The van der Waals surface area contributed by atoms with Gasteiger partial charge < -0.3 is 14.4 Å². The number of hydrogen-bond acceptors (Lipinski definition) is 5. The zero-order chi connectivity index (χ0) is 13.9. The standard InChI is InChI=1S/C14H26N2O3/c1-11-9-14(13(17)18-3,6-7-16(11)2)15-10-12-5-4-8-19-12/h11-12,15H,4-10H2,1-3H3. The third-order valence-electron chi connectivity index (χ3n) is 4.56. The highest BCUT2D eigenvalue weighted by molar-refractivity contribution is 5.81. The van der Waals surface area contributed by atoms with Crippen molar-refractivity contribution in [2.24, 2.45) is 0 Å². The molecule has 19 heavy (non-hydrogen) atoms. The molecule has 0 aromatic heterocycles. The zero-order valence-corrected chi connectivity index (χ0v) is 12.3. The van der Waals surface area contributed by atoms with E-state index in [9.17, 15) is 4.79 Å². The van der Waals surface area contributed by atoms with Gasteiger partial charge in [-0.2, -0.15) is 0 Å². The Kier molecular flexibility index (Phi) is 4.81. The molecule has 2 rings (SSSR count). The van der Waals surface area contributed by atoms with E-state index in [1.165, 1.54) is 7.11 Å². The maximum Gasteiger partial charge on any atom is 0.326 e. The third kappa shape index (κ3) is 3.27. The van der Waals surface area contributed by atoms with Gasteiger partial charge in [0.1, 0.15) is 5.54 Å². The molecule has 5 heteroatoms. The molecule has 3 atom stereocenters. The average molecular weight is 270 g/mol. The largest absolute Gasteiger partial charge is 0.468 e. The zero-order valence-electron chi connectivity index (χ0n) is 12.3. The van der Waals surface area contributed by atoms with Crippen molar-refractivity contribution in [2.75, 3.05) is 33.9 Å². The van der Waals surface area contributed by atoms with Crippen LogP contribution in [0.4, 0.5) is 0 Å². The van der Waals surface area contributed by atoms with Crippen LogP contribution in [0.2, 0.25) is 0 Å². The summed E-state index contributed by atoms with van der Waals surface area (Å²) in [5.41, 5.74) is -0.535. The monoisotopic (exact) mass is 270 g/mol. The summed E-state index contributed by atoms with van der Waals surface area (Å²) in [6, 6.07) is 0.379. The van der Waals surface area contributed by atoms with Crippen LogP contribution in [0.1, 0.15) is 32.6 Å². The molecule has 2 fully saturated rings. The summed E-state index contributed by atoms with van der Waals surface area (Å²) < 4.78 is 10.7. The van der Waals surface area contributed by atoms with Gasteiger partial charge in [-0.05, 0) is 39.7 Å². The van der Waals surface area contributed by atoms with Crippen LogP contribution >= 0.6 is 0 Å². The predicted molar refractivity (Wildman–Crippen MR) is 73.0 cm³/mol. The van der Waals surface area contributed by atoms with E-state index in [0.717, 1.165) is 45.4 Å². The van der Waals surface area contributed by atoms with Crippen LogP contribution in [-0.4, -0.2) is 62.4 Å². The highest BCUT2D eigenvalue weighted by Crippen LogP contribution is 2.28. The Bertz CT molecular complexity index is 318. The van der Waals surface area contributed by atoms with Crippen LogP contribution in [0.3, 0.4) is 0 Å². The topological polar surface area (TPSA) is 50.8 Å². The van der Waals surface area contributed by atoms with E-state index in [1.807, 2.05) is 0 Å². The highest BCUT2D eigenvalue weighted by Gasteiger charge is 2.44. The number of rotatable bonds is 4. The van der Waals surface area contributed by atoms with Crippen LogP contribution in [0, 0.1) is 0 Å². The lowest BCUT2D eigenvalue weighted by molar-refractivity contribution is -0.152. The van der Waals surface area contributed by atoms with Gasteiger partial charge in [0.05, 0.1) is 13.2 Å². The van der Waals surface area contributed by atoms with Gasteiger partial charge in [-0.25, -0.2) is 0 Å². The molecule has 0 spiro atoms. The summed E-state index contributed by atoms with van der Waals surface area (Å²) in [7, 11) is 3.58. The van der Waals surface area contributed by atoms with E-state index in [0.29, 0.717) is 6.04 Å². The first-order chi connectivity index (χ1) is 9.07. The van der Waals surface area contributed by atoms with Crippen molar-refractivity contribution in [3.05, 3.63) is 0 Å². The summed E-state index contributed by atoms with van der Waals surface area (Å²) >= 11 is 0. The molecule has 0 saturated carbocycles. The molecule has 0 amide bonds. The molecule has 1 N–H and O–H groups in total. The normalized spacial score (nSPS) is 36.4. The number of nitrogens with zero attached hydrogens (tertiary/aromatic N) is 1. The Morgan fingerprint density at radius 1 is 1.58 bits per heavy atom. The van der Waals surface area contributed by atoms with Crippen molar-refractivity contribution < 1.29 is 14.3 Å². The number of methoxy groups -OCH3 is 1. The maximum absolute atomic E-state index is 12.2. The van der Waals surface area contributed by atoms with Gasteiger partial charge >= 0.3 is 5.97 Å². The SMILES string of the molecule is COC(=O)C1(NCC2CCCO2)CCN(C)C(C)C1. The molecule has 0 aliphatic carbocycles. The van der Waals surface area contributed by atoms with Crippen LogP contribution < -0.4 is 5.32 Å². The molecular weight excluding hydrogens is 244 g/mol. The Hall–Kier alpha value is -0.650. The molecule has 0 aromatic carbocycles. The van der Waals surface area contributed by atoms with Crippen molar-refractivity contribution >= 4 is 5.97 Å². The first-order valence-electron chi connectivity index (χ1n) is 7.23. The number of ether oxygens (including phenoxy) is 2. The van der Waals surface area contributed by atoms with Gasteiger partial charge in [0.25, 0.3) is 0 Å². The number of hydrogen-bond donors (Lipinski definition) is 1. The Labute approximate surface area is 115 Å². The molecule has 5 nitrogen and oxygen atoms in total. The van der Waals surface area contributed by atoms with Crippen LogP contribution in [0.25, 0.3) is 0 Å². The van der Waals surface area contributed by atoms with E-state index >= 15 is 0 Å². The molecule has 2 aliphatic rings. The van der Waals surface area contributed by atoms with Gasteiger partial charge in [0.15, 0.2) is 0 Å².